The van der Waals surface area contributed by atoms with Gasteiger partial charge in [-0.05, 0) is 25.7 Å². The van der Waals surface area contributed by atoms with Crippen LogP contribution in [0.25, 0.3) is 0 Å². The van der Waals surface area contributed by atoms with Crippen molar-refractivity contribution >= 4 is 0 Å². The lowest BCUT2D eigenvalue weighted by Gasteiger charge is -2.16. The van der Waals surface area contributed by atoms with E-state index >= 15 is 0 Å². The first-order chi connectivity index (χ1) is 4.33. The van der Waals surface area contributed by atoms with Crippen LogP contribution in [0.4, 0.5) is 0 Å². The number of aliphatic hydroxyl groups is 1. The number of aliphatic hydroxyl groups excluding tert-OH is 1. The fourth-order valence-corrected chi connectivity index (χ4v) is 1.26. The van der Waals surface area contributed by atoms with Gasteiger partial charge < -0.3 is 5.11 Å². The summed E-state index contributed by atoms with van der Waals surface area (Å²) in [5.74, 6) is 0. The monoisotopic (exact) mass is 126 g/mol. The van der Waals surface area contributed by atoms with Gasteiger partial charge in [-0.15, -0.1) is 0 Å². The Labute approximate surface area is 56.4 Å². The molecule has 0 saturated carbocycles. The second-order valence-corrected chi connectivity index (χ2v) is 2.65. The van der Waals surface area contributed by atoms with E-state index in [0.29, 0.717) is 0 Å². The lowest BCUT2D eigenvalue weighted by atomic mass is 9.95. The van der Waals surface area contributed by atoms with Gasteiger partial charge in [0.2, 0.25) is 0 Å². The van der Waals surface area contributed by atoms with E-state index in [9.17, 15) is 0 Å². The van der Waals surface area contributed by atoms with Crippen molar-refractivity contribution in [3.05, 3.63) is 11.6 Å². The Bertz CT molecular complexity index is 116. The van der Waals surface area contributed by atoms with Crippen LogP contribution in [0.1, 0.15) is 32.6 Å². The van der Waals surface area contributed by atoms with Gasteiger partial charge in [0.15, 0.2) is 0 Å². The van der Waals surface area contributed by atoms with Crippen LogP contribution in [-0.4, -0.2) is 11.2 Å². The van der Waals surface area contributed by atoms with Crippen molar-refractivity contribution in [2.75, 3.05) is 0 Å². The van der Waals surface area contributed by atoms with E-state index in [0.717, 1.165) is 25.7 Å². The highest BCUT2D eigenvalue weighted by Crippen LogP contribution is 2.19. The summed E-state index contributed by atoms with van der Waals surface area (Å²) in [5.41, 5.74) is 1.42. The smallest absolute Gasteiger partial charge is 0.0580 e. The zero-order chi connectivity index (χ0) is 6.69. The number of hydrogen-bond acceptors (Lipinski definition) is 1. The average molecular weight is 126 g/mol. The second-order valence-electron chi connectivity index (χ2n) is 2.65. The third-order valence-electron chi connectivity index (χ3n) is 1.88. The zero-order valence-electron chi connectivity index (χ0n) is 5.93. The molecule has 0 unspecified atom stereocenters. The molecule has 0 aromatic heterocycles. The molecule has 0 bridgehead atoms. The van der Waals surface area contributed by atoms with Crippen LogP contribution in [0.15, 0.2) is 11.6 Å². The van der Waals surface area contributed by atoms with Crippen molar-refractivity contribution in [2.45, 2.75) is 38.7 Å². The molecule has 0 saturated heterocycles. The van der Waals surface area contributed by atoms with Gasteiger partial charge in [0.1, 0.15) is 0 Å². The predicted molar refractivity (Wildman–Crippen MR) is 38.2 cm³/mol. The van der Waals surface area contributed by atoms with E-state index in [1.807, 2.05) is 0 Å². The molecule has 52 valence electrons. The minimum atomic E-state index is -0.0510. The van der Waals surface area contributed by atoms with E-state index in [2.05, 4.69) is 13.0 Å². The fraction of sp³-hybridized carbons (Fsp3) is 0.750. The number of rotatable bonds is 1. The lowest BCUT2D eigenvalue weighted by molar-refractivity contribution is 0.159. The maximum atomic E-state index is 9.17. The molecular weight excluding hydrogens is 112 g/mol. The first kappa shape index (κ1) is 6.81. The highest BCUT2D eigenvalue weighted by molar-refractivity contribution is 5.06. The Morgan fingerprint density at radius 2 is 2.56 bits per heavy atom. The van der Waals surface area contributed by atoms with Crippen molar-refractivity contribution in [2.24, 2.45) is 0 Å². The number of allylic oxidation sites excluding steroid dienone is 1. The van der Waals surface area contributed by atoms with Crippen LogP contribution in [0, 0.1) is 0 Å². The molecule has 0 amide bonds. The van der Waals surface area contributed by atoms with Gasteiger partial charge in [0.05, 0.1) is 6.10 Å². The summed E-state index contributed by atoms with van der Waals surface area (Å²) in [5, 5.41) is 9.17. The topological polar surface area (TPSA) is 20.2 Å². The van der Waals surface area contributed by atoms with Crippen LogP contribution in [-0.2, 0) is 0 Å². The average Bonchev–Trinajstić information content (AvgIpc) is 1.88. The van der Waals surface area contributed by atoms with Gasteiger partial charge in [-0.2, -0.15) is 0 Å². The second kappa shape index (κ2) is 3.02. The van der Waals surface area contributed by atoms with Crippen molar-refractivity contribution in [3.63, 3.8) is 0 Å². The molecule has 1 N–H and O–H groups in total. The van der Waals surface area contributed by atoms with Crippen LogP contribution in [0.5, 0.6) is 0 Å². The quantitative estimate of drug-likeness (QED) is 0.532. The molecular formula is C8H14O. The minimum absolute atomic E-state index is 0.0510. The zero-order valence-corrected chi connectivity index (χ0v) is 5.93. The Morgan fingerprint density at radius 1 is 1.78 bits per heavy atom. The van der Waals surface area contributed by atoms with Gasteiger partial charge in [-0.3, -0.25) is 0 Å². The molecule has 0 spiro atoms. The van der Waals surface area contributed by atoms with Crippen molar-refractivity contribution < 1.29 is 5.11 Å². The molecule has 0 aromatic rings. The summed E-state index contributed by atoms with van der Waals surface area (Å²) in [4.78, 5) is 0. The molecule has 1 atom stereocenters. The largest absolute Gasteiger partial charge is 0.393 e. The van der Waals surface area contributed by atoms with Gasteiger partial charge in [-0.1, -0.05) is 18.6 Å². The summed E-state index contributed by atoms with van der Waals surface area (Å²) >= 11 is 0. The highest BCUT2D eigenvalue weighted by atomic mass is 16.3. The Hall–Kier alpha value is -0.300. The summed E-state index contributed by atoms with van der Waals surface area (Å²) < 4.78 is 0. The van der Waals surface area contributed by atoms with Gasteiger partial charge in [-0.25, -0.2) is 0 Å². The van der Waals surface area contributed by atoms with E-state index in [4.69, 9.17) is 5.11 Å². The number of hydrogen-bond donors (Lipinski definition) is 1. The minimum Gasteiger partial charge on any atom is -0.393 e. The van der Waals surface area contributed by atoms with Gasteiger partial charge in [0.25, 0.3) is 0 Å². The summed E-state index contributed by atoms with van der Waals surface area (Å²) in [7, 11) is 0. The molecule has 0 radical (unpaired) electrons. The Morgan fingerprint density at radius 3 is 3.00 bits per heavy atom. The van der Waals surface area contributed by atoms with Gasteiger partial charge >= 0.3 is 0 Å². The molecule has 9 heavy (non-hydrogen) atoms. The molecule has 1 aliphatic rings. The standard InChI is InChI=1S/C8H14O/c1-2-7-4-3-5-8(9)6-7/h4,8-9H,2-3,5-6H2,1H3/t8-/m1/s1. The highest BCUT2D eigenvalue weighted by Gasteiger charge is 2.09. The van der Waals surface area contributed by atoms with Crippen LogP contribution in [0.3, 0.4) is 0 Å². The van der Waals surface area contributed by atoms with Crippen molar-refractivity contribution in [1.29, 1.82) is 0 Å². The fourth-order valence-electron chi connectivity index (χ4n) is 1.26. The van der Waals surface area contributed by atoms with Crippen molar-refractivity contribution in [3.8, 4) is 0 Å². The maximum Gasteiger partial charge on any atom is 0.0580 e. The summed E-state index contributed by atoms with van der Waals surface area (Å²) in [6.45, 7) is 2.14. The molecule has 0 heterocycles. The molecule has 1 aliphatic carbocycles. The summed E-state index contributed by atoms with van der Waals surface area (Å²) in [6.07, 6.45) is 6.26. The molecule has 1 nitrogen and oxygen atoms in total. The SMILES string of the molecule is CCC1=CCC[C@@H](O)C1. The summed E-state index contributed by atoms with van der Waals surface area (Å²) in [6, 6.07) is 0. The van der Waals surface area contributed by atoms with Crippen LogP contribution >= 0.6 is 0 Å². The molecule has 1 rings (SSSR count). The molecule has 1 heteroatoms. The first-order valence-corrected chi connectivity index (χ1v) is 3.69. The third kappa shape index (κ3) is 1.83. The third-order valence-corrected chi connectivity index (χ3v) is 1.88. The van der Waals surface area contributed by atoms with Crippen LogP contribution < -0.4 is 0 Å². The molecule has 0 aromatic carbocycles. The maximum absolute atomic E-state index is 9.17. The van der Waals surface area contributed by atoms with Crippen molar-refractivity contribution in [1.82, 2.24) is 0 Å². The van der Waals surface area contributed by atoms with Gasteiger partial charge in [0, 0.05) is 0 Å². The van der Waals surface area contributed by atoms with E-state index in [1.165, 1.54) is 5.57 Å². The van der Waals surface area contributed by atoms with E-state index < -0.39 is 0 Å². The molecule has 0 aliphatic heterocycles. The first-order valence-electron chi connectivity index (χ1n) is 3.69. The van der Waals surface area contributed by atoms with E-state index in [-0.39, 0.29) is 6.10 Å². The lowest BCUT2D eigenvalue weighted by Crippen LogP contribution is -2.10. The van der Waals surface area contributed by atoms with Crippen LogP contribution in [0.2, 0.25) is 0 Å². The Balaban J connectivity index is 2.43. The normalized spacial score (nSPS) is 27.8. The molecule has 0 fully saturated rings. The Kier molecular flexibility index (Phi) is 2.29. The van der Waals surface area contributed by atoms with E-state index in [1.54, 1.807) is 0 Å². The predicted octanol–water partition coefficient (Wildman–Crippen LogP) is 1.87.